The van der Waals surface area contributed by atoms with Crippen molar-refractivity contribution in [2.24, 2.45) is 0 Å². The fourth-order valence-electron chi connectivity index (χ4n) is 5.48. The standard InChI is InChI=1S/C30H25ClN4OS/c1-18-16-23(19(2)34(18)25-12-7-9-20-8-3-4-10-22(20)25)29-28(24-11-5-6-15-32-24)33-30(37)35(29)26-17-21(31)13-14-27(26)36/h3-17,28-29,36H,1-2H3,(H,33,37)/t28-,29+/m1/s1. The van der Waals surface area contributed by atoms with Crippen LogP contribution in [0.1, 0.15) is 34.7 Å². The van der Waals surface area contributed by atoms with E-state index in [0.29, 0.717) is 15.8 Å². The third-order valence-corrected chi connectivity index (χ3v) is 7.64. The van der Waals surface area contributed by atoms with Crippen LogP contribution in [0.25, 0.3) is 16.5 Å². The molecule has 0 unspecified atom stereocenters. The van der Waals surface area contributed by atoms with Crippen LogP contribution in [-0.2, 0) is 0 Å². The van der Waals surface area contributed by atoms with Gasteiger partial charge in [0.25, 0.3) is 0 Å². The lowest BCUT2D eigenvalue weighted by atomic mass is 9.96. The van der Waals surface area contributed by atoms with Gasteiger partial charge in [-0.05, 0) is 79.5 Å². The Labute approximate surface area is 226 Å². The Morgan fingerprint density at radius 3 is 2.51 bits per heavy atom. The highest BCUT2D eigenvalue weighted by Gasteiger charge is 2.43. The number of phenols is 1. The molecule has 3 heterocycles. The van der Waals surface area contributed by atoms with Gasteiger partial charge in [0.15, 0.2) is 5.11 Å². The van der Waals surface area contributed by atoms with Gasteiger partial charge < -0.3 is 19.9 Å². The molecule has 1 aliphatic rings. The maximum absolute atomic E-state index is 10.9. The lowest BCUT2D eigenvalue weighted by molar-refractivity contribution is 0.472. The van der Waals surface area contributed by atoms with E-state index >= 15 is 0 Å². The maximum Gasteiger partial charge on any atom is 0.174 e. The van der Waals surface area contributed by atoms with Crippen molar-refractivity contribution in [3.8, 4) is 11.4 Å². The van der Waals surface area contributed by atoms with Crippen LogP contribution >= 0.6 is 23.8 Å². The molecule has 0 spiro atoms. The van der Waals surface area contributed by atoms with Crippen molar-refractivity contribution < 1.29 is 5.11 Å². The summed E-state index contributed by atoms with van der Waals surface area (Å²) in [5.74, 6) is 0.114. The average molecular weight is 525 g/mol. The van der Waals surface area contributed by atoms with Gasteiger partial charge in [-0.1, -0.05) is 54.1 Å². The third-order valence-electron chi connectivity index (χ3n) is 7.09. The number of benzene rings is 3. The molecule has 1 aliphatic heterocycles. The molecule has 37 heavy (non-hydrogen) atoms. The van der Waals surface area contributed by atoms with Crippen molar-refractivity contribution in [2.75, 3.05) is 4.90 Å². The topological polar surface area (TPSA) is 53.3 Å². The van der Waals surface area contributed by atoms with Gasteiger partial charge in [0.1, 0.15) is 5.75 Å². The molecule has 2 N–H and O–H groups in total. The van der Waals surface area contributed by atoms with Crippen molar-refractivity contribution in [1.29, 1.82) is 0 Å². The summed E-state index contributed by atoms with van der Waals surface area (Å²) in [5, 5.41) is 17.7. The smallest absolute Gasteiger partial charge is 0.174 e. The quantitative estimate of drug-likeness (QED) is 0.244. The summed E-state index contributed by atoms with van der Waals surface area (Å²) >= 11 is 12.2. The molecule has 2 atom stereocenters. The number of nitrogens with zero attached hydrogens (tertiary/aromatic N) is 3. The number of pyridine rings is 1. The number of aromatic hydroxyl groups is 1. The molecule has 7 heteroatoms. The second kappa shape index (κ2) is 9.21. The van der Waals surface area contributed by atoms with Gasteiger partial charge in [0, 0.05) is 28.0 Å². The first-order chi connectivity index (χ1) is 17.9. The van der Waals surface area contributed by atoms with Crippen molar-refractivity contribution in [1.82, 2.24) is 14.9 Å². The van der Waals surface area contributed by atoms with Gasteiger partial charge in [0.05, 0.1) is 29.2 Å². The number of thiocarbonyl (C=S) groups is 1. The van der Waals surface area contributed by atoms with Gasteiger partial charge in [-0.2, -0.15) is 0 Å². The number of aryl methyl sites for hydroxylation is 1. The molecule has 0 amide bonds. The summed E-state index contributed by atoms with van der Waals surface area (Å²) in [6, 6.07) is 27.4. The molecule has 5 nitrogen and oxygen atoms in total. The first-order valence-electron chi connectivity index (χ1n) is 12.1. The highest BCUT2D eigenvalue weighted by molar-refractivity contribution is 7.80. The number of hydrogen-bond donors (Lipinski definition) is 2. The van der Waals surface area contributed by atoms with Gasteiger partial charge in [-0.3, -0.25) is 4.98 Å². The number of rotatable bonds is 4. The molecule has 5 aromatic rings. The van der Waals surface area contributed by atoms with E-state index in [1.807, 2.05) is 23.1 Å². The first kappa shape index (κ1) is 23.5. The van der Waals surface area contributed by atoms with Crippen LogP contribution in [-0.4, -0.2) is 19.8 Å². The minimum atomic E-state index is -0.262. The Bertz CT molecular complexity index is 1640. The van der Waals surface area contributed by atoms with E-state index in [9.17, 15) is 5.11 Å². The fraction of sp³-hybridized carbons (Fsp3) is 0.133. The fourth-order valence-corrected chi connectivity index (χ4v) is 5.99. The van der Waals surface area contributed by atoms with E-state index in [-0.39, 0.29) is 17.8 Å². The highest BCUT2D eigenvalue weighted by atomic mass is 35.5. The van der Waals surface area contributed by atoms with Crippen molar-refractivity contribution in [2.45, 2.75) is 25.9 Å². The number of fused-ring (bicyclic) bond motifs is 1. The molecule has 6 rings (SSSR count). The van der Waals surface area contributed by atoms with E-state index in [0.717, 1.165) is 28.3 Å². The predicted molar refractivity (Wildman–Crippen MR) is 154 cm³/mol. The number of halogens is 1. The summed E-state index contributed by atoms with van der Waals surface area (Å²) < 4.78 is 2.30. The van der Waals surface area contributed by atoms with Crippen LogP contribution in [0.2, 0.25) is 5.02 Å². The van der Waals surface area contributed by atoms with Gasteiger partial charge in [0.2, 0.25) is 0 Å². The van der Waals surface area contributed by atoms with E-state index in [4.69, 9.17) is 23.8 Å². The molecule has 184 valence electrons. The summed E-state index contributed by atoms with van der Waals surface area (Å²) in [6.45, 7) is 4.26. The third kappa shape index (κ3) is 3.93. The molecule has 1 fully saturated rings. The Morgan fingerprint density at radius 2 is 1.70 bits per heavy atom. The second-order valence-corrected chi connectivity index (χ2v) is 10.1. The summed E-state index contributed by atoms with van der Waals surface area (Å²) in [4.78, 5) is 6.62. The normalized spacial score (nSPS) is 17.4. The van der Waals surface area contributed by atoms with Gasteiger partial charge in [-0.25, -0.2) is 0 Å². The van der Waals surface area contributed by atoms with Gasteiger partial charge >= 0.3 is 0 Å². The van der Waals surface area contributed by atoms with E-state index in [2.05, 4.69) is 77.2 Å². The number of anilines is 1. The Kier molecular flexibility index (Phi) is 5.86. The molecule has 1 saturated heterocycles. The van der Waals surface area contributed by atoms with Crippen molar-refractivity contribution >= 4 is 45.4 Å². The van der Waals surface area contributed by atoms with Crippen molar-refractivity contribution in [3.63, 3.8) is 0 Å². The Hall–Kier alpha value is -3.87. The predicted octanol–water partition coefficient (Wildman–Crippen LogP) is 7.18. The first-order valence-corrected chi connectivity index (χ1v) is 12.9. The minimum absolute atomic E-state index is 0.114. The average Bonchev–Trinajstić information content (AvgIpc) is 3.40. The number of phenolic OH excluding ortho intramolecular Hbond substituents is 1. The van der Waals surface area contributed by atoms with Crippen LogP contribution in [0, 0.1) is 13.8 Å². The van der Waals surface area contributed by atoms with Crippen LogP contribution in [0.5, 0.6) is 5.75 Å². The molecule has 0 bridgehead atoms. The zero-order valence-electron chi connectivity index (χ0n) is 20.4. The van der Waals surface area contributed by atoms with Crippen LogP contribution in [0.15, 0.2) is 91.1 Å². The monoisotopic (exact) mass is 524 g/mol. The van der Waals surface area contributed by atoms with Gasteiger partial charge in [-0.15, -0.1) is 0 Å². The molecule has 0 saturated carbocycles. The Balaban J connectivity index is 1.57. The van der Waals surface area contributed by atoms with Crippen molar-refractivity contribution in [3.05, 3.63) is 119 Å². The number of aromatic nitrogens is 2. The second-order valence-electron chi connectivity index (χ2n) is 9.29. The van der Waals surface area contributed by atoms with E-state index < -0.39 is 0 Å². The van der Waals surface area contributed by atoms with Crippen LogP contribution in [0.4, 0.5) is 5.69 Å². The summed E-state index contributed by atoms with van der Waals surface area (Å²) in [5.41, 5.74) is 5.85. The molecular formula is C30H25ClN4OS. The highest BCUT2D eigenvalue weighted by Crippen LogP contribution is 2.46. The number of hydrogen-bond acceptors (Lipinski definition) is 3. The SMILES string of the molecule is Cc1cc([C@H]2[C@@H](c3ccccn3)NC(=S)N2c2cc(Cl)ccc2O)c(C)n1-c1cccc2ccccc12. The zero-order valence-corrected chi connectivity index (χ0v) is 22.0. The van der Waals surface area contributed by atoms with Crippen LogP contribution in [0.3, 0.4) is 0 Å². The zero-order chi connectivity index (χ0) is 25.7. The summed E-state index contributed by atoms with van der Waals surface area (Å²) in [7, 11) is 0. The number of nitrogens with one attached hydrogen (secondary N) is 1. The molecule has 3 aromatic carbocycles. The lowest BCUT2D eigenvalue weighted by Gasteiger charge is -2.29. The maximum atomic E-state index is 10.9. The van der Waals surface area contributed by atoms with Crippen LogP contribution < -0.4 is 10.2 Å². The molecular weight excluding hydrogens is 500 g/mol. The Morgan fingerprint density at radius 1 is 0.919 bits per heavy atom. The molecule has 0 radical (unpaired) electrons. The minimum Gasteiger partial charge on any atom is -0.506 e. The molecule has 0 aliphatic carbocycles. The summed E-state index contributed by atoms with van der Waals surface area (Å²) in [6.07, 6.45) is 1.79. The molecule has 2 aromatic heterocycles. The lowest BCUT2D eigenvalue weighted by Crippen LogP contribution is -2.29. The van der Waals surface area contributed by atoms with E-state index in [1.165, 1.54) is 10.8 Å². The largest absolute Gasteiger partial charge is 0.506 e. The van der Waals surface area contributed by atoms with E-state index in [1.54, 1.807) is 24.4 Å².